The van der Waals surface area contributed by atoms with Gasteiger partial charge in [-0.3, -0.25) is 9.97 Å². The number of nitrogens with zero attached hydrogens (tertiary/aromatic N) is 2. The average molecular weight is 364 g/mol. The largest absolute Gasteiger partial charge is 0.256 e. The predicted octanol–water partition coefficient (Wildman–Crippen LogP) is 6.71. The average Bonchev–Trinajstić information content (AvgIpc) is 2.69. The number of benzene rings is 2. The van der Waals surface area contributed by atoms with Gasteiger partial charge in [0.25, 0.3) is 0 Å². The highest BCUT2D eigenvalue weighted by molar-refractivity contribution is 5.87. The summed E-state index contributed by atoms with van der Waals surface area (Å²) in [4.78, 5) is 9.25. The Morgan fingerprint density at radius 3 is 1.50 bits per heavy atom. The van der Waals surface area contributed by atoms with Crippen LogP contribution in [0.3, 0.4) is 0 Å². The molecule has 4 aromatic rings. The smallest absolute Gasteiger partial charge is 0.0705 e. The molecule has 0 N–H and O–H groups in total. The van der Waals surface area contributed by atoms with Gasteiger partial charge in [-0.25, -0.2) is 0 Å². The summed E-state index contributed by atoms with van der Waals surface area (Å²) in [5.41, 5.74) is 11.9. The van der Waals surface area contributed by atoms with Crippen molar-refractivity contribution in [2.24, 2.45) is 0 Å². The zero-order valence-electron chi connectivity index (χ0n) is 16.8. The van der Waals surface area contributed by atoms with Crippen molar-refractivity contribution < 1.29 is 0 Å². The number of aryl methyl sites for hydroxylation is 2. The van der Waals surface area contributed by atoms with Crippen molar-refractivity contribution in [2.75, 3.05) is 0 Å². The van der Waals surface area contributed by atoms with E-state index in [1.807, 2.05) is 36.7 Å². The Labute approximate surface area is 167 Å². The van der Waals surface area contributed by atoms with Crippen molar-refractivity contribution >= 4 is 0 Å². The maximum Gasteiger partial charge on any atom is 0.0705 e. The third kappa shape index (κ3) is 3.34. The Kier molecular flexibility index (Phi) is 4.79. The van der Waals surface area contributed by atoms with E-state index in [2.05, 4.69) is 74.1 Å². The van der Waals surface area contributed by atoms with E-state index in [-0.39, 0.29) is 0 Å². The maximum atomic E-state index is 4.62. The number of rotatable bonds is 3. The quantitative estimate of drug-likeness (QED) is 0.404. The summed E-state index contributed by atoms with van der Waals surface area (Å²) in [6.45, 7) is 8.71. The summed E-state index contributed by atoms with van der Waals surface area (Å²) >= 11 is 0. The van der Waals surface area contributed by atoms with E-state index < -0.39 is 0 Å². The Bertz CT molecular complexity index is 1050. The maximum absolute atomic E-state index is 4.62. The molecule has 138 valence electrons. The Hall–Kier alpha value is -3.26. The molecule has 0 fully saturated rings. The zero-order valence-corrected chi connectivity index (χ0v) is 16.8. The van der Waals surface area contributed by atoms with Gasteiger partial charge in [0.2, 0.25) is 0 Å². The van der Waals surface area contributed by atoms with E-state index in [0.717, 1.165) is 22.5 Å². The fourth-order valence-corrected chi connectivity index (χ4v) is 4.04. The lowest BCUT2D eigenvalue weighted by Gasteiger charge is -2.19. The Morgan fingerprint density at radius 1 is 0.571 bits per heavy atom. The second-order valence-corrected chi connectivity index (χ2v) is 7.40. The first kappa shape index (κ1) is 18.1. The summed E-state index contributed by atoms with van der Waals surface area (Å²) in [5, 5.41) is 0. The lowest BCUT2D eigenvalue weighted by Crippen LogP contribution is -1.98. The molecule has 28 heavy (non-hydrogen) atoms. The van der Waals surface area contributed by atoms with Gasteiger partial charge in [-0.2, -0.15) is 0 Å². The van der Waals surface area contributed by atoms with Crippen LogP contribution in [0.4, 0.5) is 0 Å². The Morgan fingerprint density at radius 2 is 1.07 bits per heavy atom. The molecule has 2 aromatic carbocycles. The van der Waals surface area contributed by atoms with Crippen molar-refractivity contribution in [2.45, 2.75) is 27.7 Å². The lowest BCUT2D eigenvalue weighted by atomic mass is 9.85. The van der Waals surface area contributed by atoms with Gasteiger partial charge in [-0.1, -0.05) is 41.5 Å². The van der Waals surface area contributed by atoms with Gasteiger partial charge in [-0.05, 0) is 80.3 Å². The molecule has 0 amide bonds. The summed E-state index contributed by atoms with van der Waals surface area (Å²) < 4.78 is 0. The van der Waals surface area contributed by atoms with E-state index in [4.69, 9.17) is 0 Å². The van der Waals surface area contributed by atoms with Crippen LogP contribution in [0.5, 0.6) is 0 Å². The molecule has 0 saturated heterocycles. The van der Waals surface area contributed by atoms with Crippen LogP contribution in [-0.2, 0) is 0 Å². The second kappa shape index (κ2) is 7.40. The number of aromatic nitrogens is 2. The molecule has 2 aromatic heterocycles. The predicted molar refractivity (Wildman–Crippen MR) is 117 cm³/mol. The van der Waals surface area contributed by atoms with Crippen LogP contribution in [0.1, 0.15) is 22.3 Å². The highest BCUT2D eigenvalue weighted by Crippen LogP contribution is 2.39. The van der Waals surface area contributed by atoms with Crippen molar-refractivity contribution in [1.82, 2.24) is 9.97 Å². The molecule has 4 rings (SSSR count). The van der Waals surface area contributed by atoms with Crippen LogP contribution < -0.4 is 0 Å². The minimum atomic E-state index is 0.989. The summed E-state index contributed by atoms with van der Waals surface area (Å²) in [7, 11) is 0. The van der Waals surface area contributed by atoms with Gasteiger partial charge in [0.05, 0.1) is 11.4 Å². The van der Waals surface area contributed by atoms with Crippen LogP contribution >= 0.6 is 0 Å². The van der Waals surface area contributed by atoms with Crippen LogP contribution in [0, 0.1) is 27.7 Å². The van der Waals surface area contributed by atoms with E-state index in [1.54, 1.807) is 0 Å². The fourth-order valence-electron chi connectivity index (χ4n) is 4.04. The molecule has 2 nitrogen and oxygen atoms in total. The third-order valence-corrected chi connectivity index (χ3v) is 5.24. The molecule has 0 saturated carbocycles. The molecule has 0 unspecified atom stereocenters. The van der Waals surface area contributed by atoms with Crippen LogP contribution in [-0.4, -0.2) is 9.97 Å². The number of hydrogen-bond acceptors (Lipinski definition) is 2. The minimum Gasteiger partial charge on any atom is -0.256 e. The molecule has 0 aliphatic carbocycles. The molecule has 0 radical (unpaired) electrons. The molecule has 0 atom stereocenters. The third-order valence-electron chi connectivity index (χ3n) is 5.24. The van der Waals surface area contributed by atoms with Gasteiger partial charge in [-0.15, -0.1) is 0 Å². The first-order valence-electron chi connectivity index (χ1n) is 9.60. The van der Waals surface area contributed by atoms with Crippen molar-refractivity contribution in [3.05, 3.63) is 95.3 Å². The van der Waals surface area contributed by atoms with Gasteiger partial charge < -0.3 is 0 Å². The lowest BCUT2D eigenvalue weighted by molar-refractivity contribution is 1.27. The van der Waals surface area contributed by atoms with E-state index >= 15 is 0 Å². The van der Waals surface area contributed by atoms with E-state index in [9.17, 15) is 0 Å². The standard InChI is InChI=1S/C26H24N2/c1-17-13-18(2)15-21(14-17)26-19(3)22(24-9-5-7-11-27-24)16-23(20(26)4)25-10-6-8-12-28-25/h5-16H,1-4H3. The summed E-state index contributed by atoms with van der Waals surface area (Å²) in [5.74, 6) is 0. The van der Waals surface area contributed by atoms with Crippen LogP contribution in [0.2, 0.25) is 0 Å². The fraction of sp³-hybridized carbons (Fsp3) is 0.154. The molecular formula is C26H24N2. The molecular weight excluding hydrogens is 340 g/mol. The van der Waals surface area contributed by atoms with E-state index in [1.165, 1.54) is 33.4 Å². The van der Waals surface area contributed by atoms with Crippen molar-refractivity contribution in [3.8, 4) is 33.6 Å². The highest BCUT2D eigenvalue weighted by atomic mass is 14.7. The zero-order chi connectivity index (χ0) is 19.7. The van der Waals surface area contributed by atoms with Crippen LogP contribution in [0.15, 0.2) is 73.1 Å². The molecule has 0 bridgehead atoms. The van der Waals surface area contributed by atoms with Gasteiger partial charge in [0.15, 0.2) is 0 Å². The highest BCUT2D eigenvalue weighted by Gasteiger charge is 2.18. The first-order valence-corrected chi connectivity index (χ1v) is 9.60. The van der Waals surface area contributed by atoms with Crippen LogP contribution in [0.25, 0.3) is 33.6 Å². The Balaban J connectivity index is 2.07. The molecule has 0 aliphatic rings. The minimum absolute atomic E-state index is 0.989. The van der Waals surface area contributed by atoms with Gasteiger partial charge in [0, 0.05) is 23.5 Å². The van der Waals surface area contributed by atoms with Gasteiger partial charge in [0.1, 0.15) is 0 Å². The monoisotopic (exact) mass is 364 g/mol. The topological polar surface area (TPSA) is 25.8 Å². The van der Waals surface area contributed by atoms with Crippen molar-refractivity contribution in [1.29, 1.82) is 0 Å². The summed E-state index contributed by atoms with van der Waals surface area (Å²) in [6, 6.07) is 21.1. The molecule has 2 heterocycles. The molecule has 2 heteroatoms. The summed E-state index contributed by atoms with van der Waals surface area (Å²) in [6.07, 6.45) is 3.71. The number of hydrogen-bond donors (Lipinski definition) is 0. The number of pyridine rings is 2. The molecule has 0 aliphatic heterocycles. The van der Waals surface area contributed by atoms with Gasteiger partial charge >= 0.3 is 0 Å². The first-order chi connectivity index (χ1) is 13.5. The SMILES string of the molecule is Cc1cc(C)cc(-c2c(C)c(-c3ccccn3)cc(-c3ccccn3)c2C)c1. The second-order valence-electron chi connectivity index (χ2n) is 7.40. The van der Waals surface area contributed by atoms with E-state index in [0.29, 0.717) is 0 Å². The molecule has 0 spiro atoms. The van der Waals surface area contributed by atoms with Crippen molar-refractivity contribution in [3.63, 3.8) is 0 Å². The normalized spacial score (nSPS) is 10.9.